The van der Waals surface area contributed by atoms with E-state index in [0.717, 1.165) is 0 Å². The van der Waals surface area contributed by atoms with Crippen molar-refractivity contribution in [2.75, 3.05) is 19.0 Å². The van der Waals surface area contributed by atoms with E-state index < -0.39 is 24.5 Å². The van der Waals surface area contributed by atoms with Gasteiger partial charge in [0.2, 0.25) is 0 Å². The lowest BCUT2D eigenvalue weighted by molar-refractivity contribution is -0.150. The quantitative estimate of drug-likeness (QED) is 0.569. The van der Waals surface area contributed by atoms with Crippen LogP contribution in [0.2, 0.25) is 0 Å². The zero-order chi connectivity index (χ0) is 21.4. The van der Waals surface area contributed by atoms with Gasteiger partial charge in [-0.15, -0.1) is 11.3 Å². The minimum atomic E-state index is -0.871. The van der Waals surface area contributed by atoms with E-state index in [0.29, 0.717) is 16.1 Å². The van der Waals surface area contributed by atoms with Crippen molar-refractivity contribution in [3.8, 4) is 0 Å². The highest BCUT2D eigenvalue weighted by Crippen LogP contribution is 2.12. The first-order valence-corrected chi connectivity index (χ1v) is 9.82. The molecule has 8 nitrogen and oxygen atoms in total. The molecule has 0 fully saturated rings. The molecule has 1 atom stereocenters. The van der Waals surface area contributed by atoms with Crippen molar-refractivity contribution in [1.82, 2.24) is 10.6 Å². The van der Waals surface area contributed by atoms with Gasteiger partial charge in [0.1, 0.15) is 6.04 Å². The number of rotatable bonds is 8. The van der Waals surface area contributed by atoms with Gasteiger partial charge >= 0.3 is 5.97 Å². The fourth-order valence-electron chi connectivity index (χ4n) is 2.39. The van der Waals surface area contributed by atoms with Crippen molar-refractivity contribution in [1.29, 1.82) is 0 Å². The lowest BCUT2D eigenvalue weighted by atomic mass is 10.0. The SMILES string of the molecule is CNC(=O)c1ccc(NC(=O)COC(=O)[C@@H](NC(=O)c2cccs2)C(C)C)cc1. The zero-order valence-corrected chi connectivity index (χ0v) is 17.2. The Bertz CT molecular complexity index is 863. The lowest BCUT2D eigenvalue weighted by Crippen LogP contribution is -2.45. The molecule has 0 saturated heterocycles. The van der Waals surface area contributed by atoms with Crippen molar-refractivity contribution in [3.05, 3.63) is 52.2 Å². The maximum absolute atomic E-state index is 12.3. The summed E-state index contributed by atoms with van der Waals surface area (Å²) in [5.74, 6) is -2.03. The largest absolute Gasteiger partial charge is 0.454 e. The van der Waals surface area contributed by atoms with Crippen LogP contribution in [0.1, 0.15) is 33.9 Å². The first-order chi connectivity index (χ1) is 13.8. The standard InChI is InChI=1S/C20H23N3O5S/c1-12(2)17(23-19(26)15-5-4-10-29-15)20(27)28-11-16(24)22-14-8-6-13(7-9-14)18(25)21-3/h4-10,12,17H,11H2,1-3H3,(H,21,25)(H,22,24)(H,23,26)/t17-/m0/s1. The first kappa shape index (κ1) is 22.1. The topological polar surface area (TPSA) is 114 Å². The summed E-state index contributed by atoms with van der Waals surface area (Å²) in [6.07, 6.45) is 0. The van der Waals surface area contributed by atoms with Gasteiger partial charge in [-0.05, 0) is 41.6 Å². The van der Waals surface area contributed by atoms with Crippen LogP contribution >= 0.6 is 11.3 Å². The summed E-state index contributed by atoms with van der Waals surface area (Å²) >= 11 is 1.27. The Morgan fingerprint density at radius 2 is 1.72 bits per heavy atom. The molecule has 1 aromatic heterocycles. The highest BCUT2D eigenvalue weighted by Gasteiger charge is 2.27. The van der Waals surface area contributed by atoms with Crippen LogP contribution in [0.25, 0.3) is 0 Å². The number of hydrogen-bond donors (Lipinski definition) is 3. The van der Waals surface area contributed by atoms with E-state index in [9.17, 15) is 19.2 Å². The summed E-state index contributed by atoms with van der Waals surface area (Å²) in [5, 5.41) is 9.49. The van der Waals surface area contributed by atoms with Gasteiger partial charge in [0.25, 0.3) is 17.7 Å². The minimum absolute atomic E-state index is 0.216. The summed E-state index contributed by atoms with van der Waals surface area (Å²) in [6, 6.07) is 8.80. The second-order valence-electron chi connectivity index (χ2n) is 6.48. The van der Waals surface area contributed by atoms with E-state index in [1.54, 1.807) is 55.6 Å². The number of esters is 1. The Kier molecular flexibility index (Phi) is 7.90. The average molecular weight is 417 g/mol. The van der Waals surface area contributed by atoms with E-state index in [4.69, 9.17) is 4.74 Å². The van der Waals surface area contributed by atoms with Gasteiger partial charge in [-0.1, -0.05) is 19.9 Å². The molecule has 0 unspecified atom stereocenters. The van der Waals surface area contributed by atoms with Gasteiger partial charge in [-0.2, -0.15) is 0 Å². The first-order valence-electron chi connectivity index (χ1n) is 8.94. The Hall–Kier alpha value is -3.20. The van der Waals surface area contributed by atoms with Gasteiger partial charge in [-0.25, -0.2) is 4.79 Å². The fraction of sp³-hybridized carbons (Fsp3) is 0.300. The Labute approximate surface area is 172 Å². The molecule has 0 aliphatic rings. The van der Waals surface area contributed by atoms with Crippen LogP contribution < -0.4 is 16.0 Å². The fourth-order valence-corrected chi connectivity index (χ4v) is 3.02. The third-order valence-electron chi connectivity index (χ3n) is 3.96. The summed E-state index contributed by atoms with van der Waals surface area (Å²) in [6.45, 7) is 3.05. The number of nitrogens with one attached hydrogen (secondary N) is 3. The maximum atomic E-state index is 12.3. The summed E-state index contributed by atoms with van der Waals surface area (Å²) < 4.78 is 5.07. The van der Waals surface area contributed by atoms with Gasteiger partial charge < -0.3 is 20.7 Å². The van der Waals surface area contributed by atoms with E-state index in [-0.39, 0.29) is 17.7 Å². The van der Waals surface area contributed by atoms with Crippen LogP contribution in [0.15, 0.2) is 41.8 Å². The molecular formula is C20H23N3O5S. The minimum Gasteiger partial charge on any atom is -0.454 e. The second kappa shape index (κ2) is 10.4. The number of thiophene rings is 1. The van der Waals surface area contributed by atoms with Crippen molar-refractivity contribution >= 4 is 40.7 Å². The molecule has 0 aliphatic carbocycles. The highest BCUT2D eigenvalue weighted by atomic mass is 32.1. The van der Waals surface area contributed by atoms with Crippen molar-refractivity contribution < 1.29 is 23.9 Å². The summed E-state index contributed by atoms with van der Waals surface area (Å²) in [7, 11) is 1.53. The molecule has 29 heavy (non-hydrogen) atoms. The van der Waals surface area contributed by atoms with Crippen molar-refractivity contribution in [2.45, 2.75) is 19.9 Å². The molecule has 1 aromatic carbocycles. The van der Waals surface area contributed by atoms with Crippen LogP contribution in [-0.2, 0) is 14.3 Å². The number of carbonyl (C=O) groups is 4. The molecule has 0 saturated carbocycles. The van der Waals surface area contributed by atoms with Crippen LogP contribution in [0.5, 0.6) is 0 Å². The molecule has 2 rings (SSSR count). The third kappa shape index (κ3) is 6.42. The highest BCUT2D eigenvalue weighted by molar-refractivity contribution is 7.12. The van der Waals surface area contributed by atoms with E-state index in [2.05, 4.69) is 16.0 Å². The van der Waals surface area contributed by atoms with Crippen LogP contribution in [0, 0.1) is 5.92 Å². The molecule has 154 valence electrons. The lowest BCUT2D eigenvalue weighted by Gasteiger charge is -2.20. The predicted octanol–water partition coefficient (Wildman–Crippen LogP) is 2.04. The number of ether oxygens (including phenoxy) is 1. The van der Waals surface area contributed by atoms with Crippen molar-refractivity contribution in [3.63, 3.8) is 0 Å². The smallest absolute Gasteiger partial charge is 0.329 e. The van der Waals surface area contributed by atoms with E-state index in [1.807, 2.05) is 0 Å². The number of benzene rings is 1. The normalized spacial score (nSPS) is 11.4. The van der Waals surface area contributed by atoms with E-state index in [1.165, 1.54) is 18.4 Å². The van der Waals surface area contributed by atoms with Crippen LogP contribution in [0.3, 0.4) is 0 Å². The molecular weight excluding hydrogens is 394 g/mol. The second-order valence-corrected chi connectivity index (χ2v) is 7.43. The maximum Gasteiger partial charge on any atom is 0.329 e. The molecule has 9 heteroatoms. The molecule has 3 amide bonds. The van der Waals surface area contributed by atoms with Gasteiger partial charge in [-0.3, -0.25) is 14.4 Å². The zero-order valence-electron chi connectivity index (χ0n) is 16.4. The number of hydrogen-bond acceptors (Lipinski definition) is 6. The predicted molar refractivity (Wildman–Crippen MR) is 110 cm³/mol. The number of amides is 3. The summed E-state index contributed by atoms with van der Waals surface area (Å²) in [4.78, 5) is 48.6. The number of anilines is 1. The van der Waals surface area contributed by atoms with Crippen molar-refractivity contribution in [2.24, 2.45) is 5.92 Å². The molecule has 0 radical (unpaired) electrons. The summed E-state index contributed by atoms with van der Waals surface area (Å²) in [5.41, 5.74) is 0.920. The van der Waals surface area contributed by atoms with Crippen LogP contribution in [0.4, 0.5) is 5.69 Å². The van der Waals surface area contributed by atoms with Crippen LogP contribution in [-0.4, -0.2) is 43.4 Å². The monoisotopic (exact) mass is 417 g/mol. The van der Waals surface area contributed by atoms with Gasteiger partial charge in [0.15, 0.2) is 6.61 Å². The molecule has 2 aromatic rings. The Morgan fingerprint density at radius 1 is 1.03 bits per heavy atom. The molecule has 0 bridgehead atoms. The molecule has 0 spiro atoms. The Morgan fingerprint density at radius 3 is 2.28 bits per heavy atom. The third-order valence-corrected chi connectivity index (χ3v) is 4.82. The van der Waals surface area contributed by atoms with Gasteiger partial charge in [0.05, 0.1) is 4.88 Å². The Balaban J connectivity index is 1.87. The molecule has 1 heterocycles. The van der Waals surface area contributed by atoms with Gasteiger partial charge in [0, 0.05) is 18.3 Å². The molecule has 0 aliphatic heterocycles. The average Bonchev–Trinajstić information content (AvgIpc) is 3.24. The number of carbonyl (C=O) groups excluding carboxylic acids is 4. The molecule has 3 N–H and O–H groups in total. The van der Waals surface area contributed by atoms with E-state index >= 15 is 0 Å².